The van der Waals surface area contributed by atoms with Gasteiger partial charge in [-0.05, 0) is 46.0 Å². The normalized spacial score (nSPS) is 18.0. The summed E-state index contributed by atoms with van der Waals surface area (Å²) in [7, 11) is 0. The molecule has 1 aliphatic rings. The van der Waals surface area contributed by atoms with E-state index in [0.29, 0.717) is 23.1 Å². The predicted molar refractivity (Wildman–Crippen MR) is 221 cm³/mol. The van der Waals surface area contributed by atoms with Gasteiger partial charge in [0.15, 0.2) is 12.1 Å². The minimum absolute atomic E-state index is 0.000251. The molecule has 0 unspecified atom stereocenters. The molecule has 0 radical (unpaired) electrons. The minimum Gasteiger partial charge on any atom is -0.431 e. The quantitative estimate of drug-likeness (QED) is 0.120. The number of carbonyl (C=O) groups excluding carboxylic acids is 1. The number of oxazole rings is 1. The van der Waals surface area contributed by atoms with Crippen LogP contribution in [0, 0.1) is 5.92 Å². The molecular formula is C48H42N2O5S. The van der Waals surface area contributed by atoms with Gasteiger partial charge in [-0.1, -0.05) is 164 Å². The number of benzene rings is 6. The number of aliphatic hydroxyl groups is 1. The molecule has 56 heavy (non-hydrogen) atoms. The Kier molecular flexibility index (Phi) is 11.5. The first kappa shape index (κ1) is 37.2. The van der Waals surface area contributed by atoms with Crippen molar-refractivity contribution in [2.24, 2.45) is 5.92 Å². The number of hydrogen-bond acceptors (Lipinski definition) is 7. The molecule has 8 heteroatoms. The predicted octanol–water partition coefficient (Wildman–Crippen LogP) is 10.7. The Hall–Kier alpha value is -5.77. The molecule has 0 aliphatic carbocycles. The Morgan fingerprint density at radius 2 is 1.32 bits per heavy atom. The highest BCUT2D eigenvalue weighted by atomic mass is 32.2. The third kappa shape index (κ3) is 8.54. The second-order valence-electron chi connectivity index (χ2n) is 13.9. The standard InChI is InChI=1S/C48H42N2O5S/c1-32-42(31-56-48-50-43(36-13-5-2-6-14-36)45(55-48)37-15-7-3-8-16-37)53-47(54-44(32)38-22-20-33(30-51)21-23-38)40-26-24-35(25-27-40)41-19-11-12-34(28-41)29-49-46(52)39-17-9-4-10-18-39/h2-28,32,42,44,47,51H,29-31H2,1H3,(H,49,52)/t32-,42+,44+,47+/m1/s1. The lowest BCUT2D eigenvalue weighted by Crippen LogP contribution is -2.38. The third-order valence-electron chi connectivity index (χ3n) is 10.1. The van der Waals surface area contributed by atoms with Crippen LogP contribution in [0.1, 0.15) is 51.9 Å². The van der Waals surface area contributed by atoms with Crippen LogP contribution in [0.3, 0.4) is 0 Å². The van der Waals surface area contributed by atoms with Crippen LogP contribution < -0.4 is 5.32 Å². The summed E-state index contributed by atoms with van der Waals surface area (Å²) in [6, 6.07) is 53.9. The number of nitrogens with one attached hydrogen (secondary N) is 1. The molecule has 0 saturated carbocycles. The van der Waals surface area contributed by atoms with Gasteiger partial charge in [0.1, 0.15) is 5.69 Å². The van der Waals surface area contributed by atoms with Crippen LogP contribution in [0.2, 0.25) is 0 Å². The maximum Gasteiger partial charge on any atom is 0.256 e. The number of nitrogens with zero attached hydrogens (tertiary/aromatic N) is 1. The molecule has 0 bridgehead atoms. The fraction of sp³-hybridized carbons (Fsp3) is 0.167. The van der Waals surface area contributed by atoms with Gasteiger partial charge in [-0.15, -0.1) is 0 Å². The monoisotopic (exact) mass is 758 g/mol. The van der Waals surface area contributed by atoms with Gasteiger partial charge >= 0.3 is 0 Å². The fourth-order valence-electron chi connectivity index (χ4n) is 6.97. The first-order chi connectivity index (χ1) is 27.5. The lowest BCUT2D eigenvalue weighted by molar-refractivity contribution is -0.268. The van der Waals surface area contributed by atoms with Gasteiger partial charge in [0.2, 0.25) is 0 Å². The summed E-state index contributed by atoms with van der Waals surface area (Å²) >= 11 is 1.54. The molecule has 2 N–H and O–H groups in total. The summed E-state index contributed by atoms with van der Waals surface area (Å²) in [5.41, 5.74) is 9.30. The van der Waals surface area contributed by atoms with Crippen LogP contribution in [0.5, 0.6) is 0 Å². The number of amides is 1. The Morgan fingerprint density at radius 3 is 2.02 bits per heavy atom. The maximum atomic E-state index is 12.6. The largest absolute Gasteiger partial charge is 0.431 e. The zero-order chi connectivity index (χ0) is 38.3. The molecule has 1 amide bonds. The van der Waals surface area contributed by atoms with Crippen LogP contribution in [0.15, 0.2) is 173 Å². The van der Waals surface area contributed by atoms with E-state index in [2.05, 4.69) is 48.6 Å². The first-order valence-electron chi connectivity index (χ1n) is 18.8. The maximum absolute atomic E-state index is 12.6. The molecular weight excluding hydrogens is 717 g/mol. The highest BCUT2D eigenvalue weighted by Gasteiger charge is 2.38. The van der Waals surface area contributed by atoms with Crippen LogP contribution in [0.4, 0.5) is 0 Å². The summed E-state index contributed by atoms with van der Waals surface area (Å²) in [6.07, 6.45) is -1.06. The highest BCUT2D eigenvalue weighted by Crippen LogP contribution is 2.44. The molecule has 280 valence electrons. The van der Waals surface area contributed by atoms with Gasteiger partial charge < -0.3 is 24.3 Å². The lowest BCUT2D eigenvalue weighted by atomic mass is 9.91. The van der Waals surface area contributed by atoms with Crippen molar-refractivity contribution in [2.45, 2.75) is 43.8 Å². The van der Waals surface area contributed by atoms with Crippen molar-refractivity contribution in [1.29, 1.82) is 0 Å². The average molecular weight is 759 g/mol. The number of aromatic nitrogens is 1. The zero-order valence-electron chi connectivity index (χ0n) is 31.0. The zero-order valence-corrected chi connectivity index (χ0v) is 31.8. The van der Waals surface area contributed by atoms with Crippen molar-refractivity contribution < 1.29 is 23.8 Å². The van der Waals surface area contributed by atoms with E-state index in [1.54, 1.807) is 11.8 Å². The minimum atomic E-state index is -0.614. The van der Waals surface area contributed by atoms with Gasteiger partial charge in [0.05, 0.1) is 18.8 Å². The first-order valence-corrected chi connectivity index (χ1v) is 19.8. The van der Waals surface area contributed by atoms with Crippen molar-refractivity contribution in [1.82, 2.24) is 10.3 Å². The molecule has 0 spiro atoms. The van der Waals surface area contributed by atoms with Gasteiger partial charge in [-0.25, -0.2) is 4.98 Å². The highest BCUT2D eigenvalue weighted by molar-refractivity contribution is 7.99. The van der Waals surface area contributed by atoms with E-state index >= 15 is 0 Å². The van der Waals surface area contributed by atoms with Crippen LogP contribution in [-0.4, -0.2) is 27.9 Å². The Bertz CT molecular complexity index is 2290. The summed E-state index contributed by atoms with van der Waals surface area (Å²) in [4.78, 5) is 17.6. The smallest absolute Gasteiger partial charge is 0.256 e. The van der Waals surface area contributed by atoms with E-state index in [1.165, 1.54) is 0 Å². The van der Waals surface area contributed by atoms with Gasteiger partial charge in [0, 0.05) is 40.5 Å². The summed E-state index contributed by atoms with van der Waals surface area (Å²) in [5, 5.41) is 13.3. The number of hydrogen-bond donors (Lipinski definition) is 2. The Morgan fingerprint density at radius 1 is 0.679 bits per heavy atom. The molecule has 7 nitrogen and oxygen atoms in total. The van der Waals surface area contributed by atoms with Crippen LogP contribution in [0.25, 0.3) is 33.7 Å². The van der Waals surface area contributed by atoms with Crippen molar-refractivity contribution in [2.75, 3.05) is 5.75 Å². The van der Waals surface area contributed by atoms with Gasteiger partial charge in [0.25, 0.3) is 11.1 Å². The average Bonchev–Trinajstić information content (AvgIpc) is 3.71. The molecule has 7 aromatic rings. The molecule has 4 atom stereocenters. The SMILES string of the molecule is C[C@@H]1[C@H](CSc2nc(-c3ccccc3)c(-c3ccccc3)o2)O[C@H](c2ccc(-c3cccc(CNC(=O)c4ccccc4)c3)cc2)O[C@@H]1c1ccc(CO)cc1. The van der Waals surface area contributed by atoms with E-state index in [-0.39, 0.29) is 30.6 Å². The molecule has 2 heterocycles. The van der Waals surface area contributed by atoms with Crippen LogP contribution in [-0.2, 0) is 22.6 Å². The van der Waals surface area contributed by atoms with E-state index in [0.717, 1.165) is 56.0 Å². The third-order valence-corrected chi connectivity index (χ3v) is 11.0. The molecule has 1 aromatic heterocycles. The molecule has 6 aromatic carbocycles. The second kappa shape index (κ2) is 17.4. The second-order valence-corrected chi connectivity index (χ2v) is 14.9. The topological polar surface area (TPSA) is 93.8 Å². The summed E-state index contributed by atoms with van der Waals surface area (Å²) < 4.78 is 20.0. The van der Waals surface area contributed by atoms with Gasteiger partial charge in [-0.2, -0.15) is 0 Å². The number of carbonyl (C=O) groups is 1. The Balaban J connectivity index is 1.02. The van der Waals surface area contributed by atoms with Gasteiger partial charge in [-0.3, -0.25) is 4.79 Å². The van der Waals surface area contributed by atoms with Crippen LogP contribution >= 0.6 is 11.8 Å². The van der Waals surface area contributed by atoms with Crippen molar-refractivity contribution >= 4 is 17.7 Å². The van der Waals surface area contributed by atoms with E-state index in [1.807, 2.05) is 127 Å². The van der Waals surface area contributed by atoms with Crippen molar-refractivity contribution in [3.63, 3.8) is 0 Å². The molecule has 8 rings (SSSR count). The Labute approximate surface area is 331 Å². The number of ether oxygens (including phenoxy) is 2. The molecule has 1 fully saturated rings. The number of thioether (sulfide) groups is 1. The van der Waals surface area contributed by atoms with Crippen molar-refractivity contribution in [3.05, 3.63) is 192 Å². The number of aliphatic hydroxyl groups excluding tert-OH is 1. The summed E-state index contributed by atoms with van der Waals surface area (Å²) in [5.74, 6) is 1.24. The van der Waals surface area contributed by atoms with Crippen molar-refractivity contribution in [3.8, 4) is 33.7 Å². The van der Waals surface area contributed by atoms with E-state index < -0.39 is 6.29 Å². The molecule has 1 aliphatic heterocycles. The molecule has 1 saturated heterocycles. The lowest BCUT2D eigenvalue weighted by Gasteiger charge is -2.41. The fourth-order valence-corrected chi connectivity index (χ4v) is 7.96. The summed E-state index contributed by atoms with van der Waals surface area (Å²) in [6.45, 7) is 2.57. The number of rotatable bonds is 12. The van der Waals surface area contributed by atoms with E-state index in [4.69, 9.17) is 18.9 Å². The van der Waals surface area contributed by atoms with E-state index in [9.17, 15) is 9.90 Å².